The Labute approximate surface area is 116 Å². The standard InChI is InChI=1S/C13H18N2O5/c1-20-11-5-3-2-4-9(11)6-7-14-13(19)15-10(8-16)12(17)18/h2-5,10,16H,6-8H2,1H3,(H,17,18)(H2,14,15,19). The number of carboxylic acids is 1. The largest absolute Gasteiger partial charge is 0.496 e. The SMILES string of the molecule is COc1ccccc1CCNC(=O)NC(CO)C(=O)O. The van der Waals surface area contributed by atoms with Crippen LogP contribution in [0.5, 0.6) is 5.75 Å². The molecule has 2 amide bonds. The minimum absolute atomic E-state index is 0.323. The molecule has 110 valence electrons. The maximum atomic E-state index is 11.4. The molecular formula is C13H18N2O5. The Balaban J connectivity index is 2.40. The number of carbonyl (C=O) groups is 2. The first-order valence-corrected chi connectivity index (χ1v) is 6.08. The number of urea groups is 1. The summed E-state index contributed by atoms with van der Waals surface area (Å²) in [5.41, 5.74) is 0.937. The summed E-state index contributed by atoms with van der Waals surface area (Å²) in [5.74, 6) is -0.555. The molecule has 1 atom stereocenters. The fourth-order valence-corrected chi connectivity index (χ4v) is 1.61. The summed E-state index contributed by atoms with van der Waals surface area (Å²) in [6, 6.07) is 5.47. The van der Waals surface area contributed by atoms with Gasteiger partial charge >= 0.3 is 12.0 Å². The molecule has 0 saturated heterocycles. The number of rotatable bonds is 7. The predicted octanol–water partition coefficient (Wildman–Crippen LogP) is -0.0176. The Morgan fingerprint density at radius 1 is 1.35 bits per heavy atom. The van der Waals surface area contributed by atoms with E-state index in [-0.39, 0.29) is 0 Å². The molecule has 1 unspecified atom stereocenters. The van der Waals surface area contributed by atoms with Gasteiger partial charge in [0, 0.05) is 6.54 Å². The van der Waals surface area contributed by atoms with Gasteiger partial charge in [-0.2, -0.15) is 0 Å². The van der Waals surface area contributed by atoms with Crippen LogP contribution in [0.25, 0.3) is 0 Å². The zero-order chi connectivity index (χ0) is 15.0. The van der Waals surface area contributed by atoms with Crippen molar-refractivity contribution in [1.29, 1.82) is 0 Å². The van der Waals surface area contributed by atoms with Gasteiger partial charge in [0.25, 0.3) is 0 Å². The zero-order valence-electron chi connectivity index (χ0n) is 11.1. The normalized spacial score (nSPS) is 11.5. The van der Waals surface area contributed by atoms with Crippen molar-refractivity contribution in [2.45, 2.75) is 12.5 Å². The average Bonchev–Trinajstić information content (AvgIpc) is 2.45. The van der Waals surface area contributed by atoms with Gasteiger partial charge in [0.15, 0.2) is 6.04 Å². The molecule has 0 fully saturated rings. The monoisotopic (exact) mass is 282 g/mol. The highest BCUT2D eigenvalue weighted by atomic mass is 16.5. The van der Waals surface area contributed by atoms with Crippen molar-refractivity contribution >= 4 is 12.0 Å². The summed E-state index contributed by atoms with van der Waals surface area (Å²) >= 11 is 0. The van der Waals surface area contributed by atoms with E-state index in [1.165, 1.54) is 0 Å². The number of amides is 2. The summed E-state index contributed by atoms with van der Waals surface area (Å²) in [6.45, 7) is -0.334. The number of nitrogens with one attached hydrogen (secondary N) is 2. The van der Waals surface area contributed by atoms with Crippen LogP contribution >= 0.6 is 0 Å². The number of aliphatic carboxylic acids is 1. The smallest absolute Gasteiger partial charge is 0.328 e. The van der Waals surface area contributed by atoms with Gasteiger partial charge in [-0.25, -0.2) is 9.59 Å². The van der Waals surface area contributed by atoms with E-state index in [2.05, 4.69) is 10.6 Å². The van der Waals surface area contributed by atoms with Crippen LogP contribution in [-0.2, 0) is 11.2 Å². The van der Waals surface area contributed by atoms with E-state index in [4.69, 9.17) is 14.9 Å². The number of carbonyl (C=O) groups excluding carboxylic acids is 1. The Kier molecular flexibility index (Phi) is 6.31. The van der Waals surface area contributed by atoms with Crippen molar-refractivity contribution in [3.8, 4) is 5.75 Å². The molecule has 20 heavy (non-hydrogen) atoms. The maximum absolute atomic E-state index is 11.4. The van der Waals surface area contributed by atoms with Crippen LogP contribution < -0.4 is 15.4 Å². The van der Waals surface area contributed by atoms with Crippen LogP contribution in [0, 0.1) is 0 Å². The highest BCUT2D eigenvalue weighted by molar-refractivity contribution is 5.82. The molecule has 0 aliphatic carbocycles. The van der Waals surface area contributed by atoms with E-state index < -0.39 is 24.6 Å². The number of benzene rings is 1. The minimum Gasteiger partial charge on any atom is -0.496 e. The van der Waals surface area contributed by atoms with E-state index in [0.717, 1.165) is 11.3 Å². The van der Waals surface area contributed by atoms with Crippen molar-refractivity contribution in [2.24, 2.45) is 0 Å². The van der Waals surface area contributed by atoms with Crippen molar-refractivity contribution in [3.05, 3.63) is 29.8 Å². The summed E-state index contributed by atoms with van der Waals surface area (Å²) < 4.78 is 5.18. The zero-order valence-corrected chi connectivity index (χ0v) is 11.1. The van der Waals surface area contributed by atoms with Crippen LogP contribution in [0.3, 0.4) is 0 Å². The number of hydrogen-bond donors (Lipinski definition) is 4. The highest BCUT2D eigenvalue weighted by Gasteiger charge is 2.18. The number of aliphatic hydroxyl groups is 1. The lowest BCUT2D eigenvalue weighted by Crippen LogP contribution is -2.48. The third-order valence-corrected chi connectivity index (χ3v) is 2.66. The third-order valence-electron chi connectivity index (χ3n) is 2.66. The van der Waals surface area contributed by atoms with Crippen LogP contribution in [0.4, 0.5) is 4.79 Å². The van der Waals surface area contributed by atoms with E-state index in [9.17, 15) is 9.59 Å². The predicted molar refractivity (Wildman–Crippen MR) is 71.7 cm³/mol. The fraction of sp³-hybridized carbons (Fsp3) is 0.385. The Hall–Kier alpha value is -2.28. The Morgan fingerprint density at radius 2 is 2.05 bits per heavy atom. The molecule has 1 aromatic carbocycles. The molecule has 0 aliphatic heterocycles. The first-order valence-electron chi connectivity index (χ1n) is 6.08. The molecule has 0 aliphatic rings. The van der Waals surface area contributed by atoms with Gasteiger partial charge in [0.1, 0.15) is 5.75 Å². The first-order chi connectivity index (χ1) is 9.58. The molecule has 0 heterocycles. The molecular weight excluding hydrogens is 264 g/mol. The van der Waals surface area contributed by atoms with Gasteiger partial charge in [-0.3, -0.25) is 0 Å². The average molecular weight is 282 g/mol. The maximum Gasteiger partial charge on any atom is 0.328 e. The Morgan fingerprint density at radius 3 is 2.65 bits per heavy atom. The van der Waals surface area contributed by atoms with E-state index in [1.807, 2.05) is 24.3 Å². The van der Waals surface area contributed by atoms with Crippen LogP contribution in [0.15, 0.2) is 24.3 Å². The molecule has 0 spiro atoms. The van der Waals surface area contributed by atoms with Crippen LogP contribution in [0.1, 0.15) is 5.56 Å². The van der Waals surface area contributed by atoms with Gasteiger partial charge in [0.2, 0.25) is 0 Å². The van der Waals surface area contributed by atoms with Gasteiger partial charge in [-0.1, -0.05) is 18.2 Å². The quantitative estimate of drug-likeness (QED) is 0.562. The van der Waals surface area contributed by atoms with Crippen molar-refractivity contribution in [2.75, 3.05) is 20.3 Å². The Bertz CT molecular complexity index is 464. The highest BCUT2D eigenvalue weighted by Crippen LogP contribution is 2.17. The molecule has 7 nitrogen and oxygen atoms in total. The van der Waals surface area contributed by atoms with E-state index in [1.54, 1.807) is 7.11 Å². The van der Waals surface area contributed by atoms with Gasteiger partial charge in [-0.15, -0.1) is 0 Å². The molecule has 0 radical (unpaired) electrons. The number of methoxy groups -OCH3 is 1. The second kappa shape index (κ2) is 8.00. The number of para-hydroxylation sites is 1. The molecule has 0 bridgehead atoms. The van der Waals surface area contributed by atoms with E-state index >= 15 is 0 Å². The number of ether oxygens (including phenoxy) is 1. The van der Waals surface area contributed by atoms with Crippen molar-refractivity contribution < 1.29 is 24.5 Å². The van der Waals surface area contributed by atoms with Crippen molar-refractivity contribution in [3.63, 3.8) is 0 Å². The second-order valence-corrected chi connectivity index (χ2v) is 4.04. The lowest BCUT2D eigenvalue weighted by molar-refractivity contribution is -0.140. The lowest BCUT2D eigenvalue weighted by atomic mass is 10.1. The summed E-state index contributed by atoms with van der Waals surface area (Å²) in [4.78, 5) is 22.1. The molecule has 0 aromatic heterocycles. The number of aliphatic hydroxyl groups excluding tert-OH is 1. The molecule has 0 saturated carbocycles. The van der Waals surface area contributed by atoms with Crippen LogP contribution in [-0.4, -0.2) is 48.5 Å². The third kappa shape index (κ3) is 4.77. The fourth-order valence-electron chi connectivity index (χ4n) is 1.61. The number of carboxylic acid groups (broad SMARTS) is 1. The van der Waals surface area contributed by atoms with Gasteiger partial charge < -0.3 is 25.6 Å². The van der Waals surface area contributed by atoms with Crippen LogP contribution in [0.2, 0.25) is 0 Å². The van der Waals surface area contributed by atoms with Gasteiger partial charge in [-0.05, 0) is 18.1 Å². The van der Waals surface area contributed by atoms with Gasteiger partial charge in [0.05, 0.1) is 13.7 Å². The lowest BCUT2D eigenvalue weighted by Gasteiger charge is -2.13. The topological polar surface area (TPSA) is 108 Å². The summed E-state index contributed by atoms with van der Waals surface area (Å²) in [6.07, 6.45) is 0.550. The molecule has 1 aromatic rings. The first kappa shape index (κ1) is 15.8. The number of hydrogen-bond acceptors (Lipinski definition) is 4. The molecule has 4 N–H and O–H groups in total. The summed E-state index contributed by atoms with van der Waals surface area (Å²) in [5, 5.41) is 22.1. The minimum atomic E-state index is -1.30. The van der Waals surface area contributed by atoms with Crippen molar-refractivity contribution in [1.82, 2.24) is 10.6 Å². The molecule has 7 heteroatoms. The second-order valence-electron chi connectivity index (χ2n) is 4.04. The summed E-state index contributed by atoms with van der Waals surface area (Å²) in [7, 11) is 1.57. The van der Waals surface area contributed by atoms with E-state index in [0.29, 0.717) is 13.0 Å². The molecule has 1 rings (SSSR count).